The number of hydrogen-bond donors (Lipinski definition) is 3. The van der Waals surface area contributed by atoms with E-state index in [0.29, 0.717) is 19.6 Å². The average molecular weight is 335 g/mol. The highest BCUT2D eigenvalue weighted by Crippen LogP contribution is 2.24. The van der Waals surface area contributed by atoms with Crippen molar-refractivity contribution in [3.63, 3.8) is 0 Å². The third-order valence-corrected chi connectivity index (χ3v) is 3.97. The quantitative estimate of drug-likeness (QED) is 0.700. The number of hydrogen-bond acceptors (Lipinski definition) is 4. The molecule has 7 heteroatoms. The van der Waals surface area contributed by atoms with Gasteiger partial charge in [0.1, 0.15) is 5.75 Å². The Morgan fingerprint density at radius 2 is 2.08 bits per heavy atom. The first kappa shape index (κ1) is 18.1. The molecule has 3 amide bonds. The standard InChI is InChI=1S/C17H25N3O4/c1-3-12(11-21)18-17(23)19-13-9-16(22)20(10-13)14-5-7-15(8-6-14)24-4-2/h5-8,12-13,21H,3-4,9-11H2,1-2H3,(H2,18,19,23)/t12-,13-/m0/s1. The van der Waals surface area contributed by atoms with Gasteiger partial charge in [-0.05, 0) is 37.6 Å². The topological polar surface area (TPSA) is 90.9 Å². The number of nitrogens with one attached hydrogen (secondary N) is 2. The first-order valence-electron chi connectivity index (χ1n) is 8.28. The van der Waals surface area contributed by atoms with Gasteiger partial charge < -0.3 is 25.4 Å². The predicted octanol–water partition coefficient (Wildman–Crippen LogP) is 1.26. The second-order valence-corrected chi connectivity index (χ2v) is 5.74. The lowest BCUT2D eigenvalue weighted by atomic mass is 10.2. The van der Waals surface area contributed by atoms with Gasteiger partial charge in [0.2, 0.25) is 5.91 Å². The van der Waals surface area contributed by atoms with E-state index in [4.69, 9.17) is 9.84 Å². The van der Waals surface area contributed by atoms with Crippen molar-refractivity contribution in [2.24, 2.45) is 0 Å². The molecule has 1 heterocycles. The molecule has 24 heavy (non-hydrogen) atoms. The molecule has 0 spiro atoms. The summed E-state index contributed by atoms with van der Waals surface area (Å²) in [6.07, 6.45) is 0.905. The molecule has 0 aliphatic carbocycles. The summed E-state index contributed by atoms with van der Waals surface area (Å²) >= 11 is 0. The van der Waals surface area contributed by atoms with Crippen molar-refractivity contribution >= 4 is 17.6 Å². The van der Waals surface area contributed by atoms with Gasteiger partial charge in [-0.3, -0.25) is 4.79 Å². The van der Waals surface area contributed by atoms with Crippen molar-refractivity contribution in [3.8, 4) is 5.75 Å². The average Bonchev–Trinajstić information content (AvgIpc) is 2.94. The fourth-order valence-corrected chi connectivity index (χ4v) is 2.63. The minimum Gasteiger partial charge on any atom is -0.494 e. The van der Waals surface area contributed by atoms with Gasteiger partial charge in [0.25, 0.3) is 0 Å². The van der Waals surface area contributed by atoms with Crippen LogP contribution < -0.4 is 20.3 Å². The van der Waals surface area contributed by atoms with E-state index in [9.17, 15) is 9.59 Å². The van der Waals surface area contributed by atoms with E-state index in [2.05, 4.69) is 10.6 Å². The number of amides is 3. The molecule has 7 nitrogen and oxygen atoms in total. The summed E-state index contributed by atoms with van der Waals surface area (Å²) in [7, 11) is 0. The first-order valence-corrected chi connectivity index (χ1v) is 8.28. The normalized spacial score (nSPS) is 18.4. The Morgan fingerprint density at radius 1 is 1.38 bits per heavy atom. The minimum absolute atomic E-state index is 0.0290. The number of aliphatic hydroxyl groups is 1. The molecule has 1 aromatic rings. The molecular weight excluding hydrogens is 310 g/mol. The number of rotatable bonds is 7. The second-order valence-electron chi connectivity index (χ2n) is 5.74. The van der Waals surface area contributed by atoms with Crippen LogP contribution in [0.25, 0.3) is 0 Å². The van der Waals surface area contributed by atoms with Gasteiger partial charge in [-0.2, -0.15) is 0 Å². The van der Waals surface area contributed by atoms with Crippen LogP contribution in [0.1, 0.15) is 26.7 Å². The van der Waals surface area contributed by atoms with E-state index in [-0.39, 0.29) is 37.0 Å². The number of nitrogens with zero attached hydrogens (tertiary/aromatic N) is 1. The molecule has 132 valence electrons. The lowest BCUT2D eigenvalue weighted by Crippen LogP contribution is -2.48. The van der Waals surface area contributed by atoms with Crippen LogP contribution in [0.3, 0.4) is 0 Å². The molecule has 2 rings (SSSR count). The number of carbonyl (C=O) groups is 2. The largest absolute Gasteiger partial charge is 0.494 e. The number of anilines is 1. The van der Waals surface area contributed by atoms with Gasteiger partial charge in [-0.25, -0.2) is 4.79 Å². The molecule has 1 aromatic carbocycles. The van der Waals surface area contributed by atoms with Gasteiger partial charge in [-0.15, -0.1) is 0 Å². The molecule has 1 aliphatic rings. The zero-order valence-electron chi connectivity index (χ0n) is 14.1. The van der Waals surface area contributed by atoms with Crippen LogP contribution in [0.4, 0.5) is 10.5 Å². The maximum Gasteiger partial charge on any atom is 0.315 e. The summed E-state index contributed by atoms with van der Waals surface area (Å²) in [5, 5.41) is 14.6. The molecule has 0 radical (unpaired) electrons. The smallest absolute Gasteiger partial charge is 0.315 e. The van der Waals surface area contributed by atoms with E-state index >= 15 is 0 Å². The summed E-state index contributed by atoms with van der Waals surface area (Å²) in [5.41, 5.74) is 0.787. The van der Waals surface area contributed by atoms with Crippen LogP contribution in [0, 0.1) is 0 Å². The predicted molar refractivity (Wildman–Crippen MR) is 91.2 cm³/mol. The number of aliphatic hydroxyl groups excluding tert-OH is 1. The van der Waals surface area contributed by atoms with Crippen LogP contribution in [-0.2, 0) is 4.79 Å². The fraction of sp³-hybridized carbons (Fsp3) is 0.529. The molecule has 3 N–H and O–H groups in total. The molecule has 0 bridgehead atoms. The molecule has 1 saturated heterocycles. The monoisotopic (exact) mass is 335 g/mol. The zero-order chi connectivity index (χ0) is 17.5. The van der Waals surface area contributed by atoms with Crippen molar-refractivity contribution in [1.29, 1.82) is 0 Å². The number of benzene rings is 1. The van der Waals surface area contributed by atoms with Crippen molar-refractivity contribution in [1.82, 2.24) is 10.6 Å². The van der Waals surface area contributed by atoms with E-state index in [1.165, 1.54) is 0 Å². The summed E-state index contributed by atoms with van der Waals surface area (Å²) in [4.78, 5) is 25.8. The highest BCUT2D eigenvalue weighted by molar-refractivity contribution is 5.96. The van der Waals surface area contributed by atoms with E-state index in [1.807, 2.05) is 38.1 Å². The SMILES string of the molecule is CCOc1ccc(N2C[C@@H](NC(=O)N[C@@H](CC)CO)CC2=O)cc1. The Morgan fingerprint density at radius 3 is 2.67 bits per heavy atom. The number of carbonyl (C=O) groups excluding carboxylic acids is 2. The van der Waals surface area contributed by atoms with E-state index < -0.39 is 0 Å². The second kappa shape index (κ2) is 8.54. The van der Waals surface area contributed by atoms with Crippen molar-refractivity contribution in [2.75, 3.05) is 24.7 Å². The van der Waals surface area contributed by atoms with Crippen LogP contribution in [0.5, 0.6) is 5.75 Å². The maximum absolute atomic E-state index is 12.2. The third-order valence-electron chi connectivity index (χ3n) is 3.97. The molecule has 1 aliphatic heterocycles. The molecule has 1 fully saturated rings. The Hall–Kier alpha value is -2.28. The molecular formula is C17H25N3O4. The Labute approximate surface area is 142 Å². The summed E-state index contributed by atoms with van der Waals surface area (Å²) in [5.74, 6) is 0.732. The lowest BCUT2D eigenvalue weighted by molar-refractivity contribution is -0.117. The Bertz CT molecular complexity index is 557. The number of urea groups is 1. The molecule has 0 aromatic heterocycles. The molecule has 2 atom stereocenters. The van der Waals surface area contributed by atoms with Gasteiger partial charge in [-0.1, -0.05) is 6.92 Å². The van der Waals surface area contributed by atoms with Crippen LogP contribution >= 0.6 is 0 Å². The Balaban J connectivity index is 1.91. The zero-order valence-corrected chi connectivity index (χ0v) is 14.1. The van der Waals surface area contributed by atoms with Crippen molar-refractivity contribution < 1.29 is 19.4 Å². The van der Waals surface area contributed by atoms with Gasteiger partial charge >= 0.3 is 6.03 Å². The first-order chi connectivity index (χ1) is 11.6. The highest BCUT2D eigenvalue weighted by Gasteiger charge is 2.31. The number of ether oxygens (including phenoxy) is 1. The van der Waals surface area contributed by atoms with Gasteiger partial charge in [0, 0.05) is 18.7 Å². The van der Waals surface area contributed by atoms with Crippen LogP contribution in [-0.4, -0.2) is 48.9 Å². The van der Waals surface area contributed by atoms with E-state index in [1.54, 1.807) is 4.90 Å². The van der Waals surface area contributed by atoms with Crippen LogP contribution in [0.2, 0.25) is 0 Å². The minimum atomic E-state index is -0.359. The lowest BCUT2D eigenvalue weighted by Gasteiger charge is -2.19. The van der Waals surface area contributed by atoms with E-state index in [0.717, 1.165) is 11.4 Å². The Kier molecular flexibility index (Phi) is 6.43. The van der Waals surface area contributed by atoms with Crippen molar-refractivity contribution in [3.05, 3.63) is 24.3 Å². The van der Waals surface area contributed by atoms with Gasteiger partial charge in [0.15, 0.2) is 0 Å². The van der Waals surface area contributed by atoms with Gasteiger partial charge in [0.05, 0.1) is 25.3 Å². The maximum atomic E-state index is 12.2. The summed E-state index contributed by atoms with van der Waals surface area (Å²) in [6, 6.07) is 6.44. The fourth-order valence-electron chi connectivity index (χ4n) is 2.63. The molecule has 0 unspecified atom stereocenters. The summed E-state index contributed by atoms with van der Waals surface area (Å²) < 4.78 is 5.39. The van der Waals surface area contributed by atoms with Crippen LogP contribution in [0.15, 0.2) is 24.3 Å². The summed E-state index contributed by atoms with van der Waals surface area (Å²) in [6.45, 7) is 4.71. The van der Waals surface area contributed by atoms with Crippen molar-refractivity contribution in [2.45, 2.75) is 38.8 Å². The third kappa shape index (κ3) is 4.61. The highest BCUT2D eigenvalue weighted by atomic mass is 16.5. The molecule has 0 saturated carbocycles.